The molecule has 182 valence electrons. The van der Waals surface area contributed by atoms with Gasteiger partial charge in [0.1, 0.15) is 16.9 Å². The molecule has 4 rings (SSSR count). The third kappa shape index (κ3) is 5.65. The zero-order valence-electron chi connectivity index (χ0n) is 19.8. The molecule has 0 spiro atoms. The van der Waals surface area contributed by atoms with Gasteiger partial charge in [0.25, 0.3) is 0 Å². The summed E-state index contributed by atoms with van der Waals surface area (Å²) in [6.07, 6.45) is 13.6. The van der Waals surface area contributed by atoms with Crippen LogP contribution < -0.4 is 5.32 Å². The number of hydrogen-bond acceptors (Lipinski definition) is 7. The Morgan fingerprint density at radius 1 is 1.41 bits per heavy atom. The number of fused-ring (bicyclic) bond motifs is 1. The number of hydrogen-bond donors (Lipinski definition) is 1. The molecule has 2 aromatic heterocycles. The summed E-state index contributed by atoms with van der Waals surface area (Å²) in [5, 5.41) is 13.5. The van der Waals surface area contributed by atoms with Crippen LogP contribution in [0.25, 0.3) is 4.83 Å². The lowest BCUT2D eigenvalue weighted by molar-refractivity contribution is -0.144. The molecule has 9 nitrogen and oxygen atoms in total. The van der Waals surface area contributed by atoms with Crippen molar-refractivity contribution >= 4 is 28.0 Å². The maximum Gasteiger partial charge on any atom is 0.249 e. The number of methoxy groups -OCH3 is 1. The number of terminal acetylenes is 1. The topological polar surface area (TPSA) is 101 Å². The molecule has 2 amide bonds. The highest BCUT2D eigenvalue weighted by molar-refractivity contribution is 7.15. The van der Waals surface area contributed by atoms with Crippen molar-refractivity contribution in [3.63, 3.8) is 0 Å². The van der Waals surface area contributed by atoms with E-state index in [0.29, 0.717) is 57.0 Å². The number of carbonyl (C=O) groups is 2. The first-order valence-electron chi connectivity index (χ1n) is 11.8. The first-order valence-corrected chi connectivity index (χ1v) is 12.7. The number of carbonyl (C=O) groups excluding carboxylic acids is 2. The maximum absolute atomic E-state index is 13.7. The number of aromatic nitrogens is 2. The molecule has 0 aromatic carbocycles. The van der Waals surface area contributed by atoms with Gasteiger partial charge in [-0.05, 0) is 25.2 Å². The van der Waals surface area contributed by atoms with Crippen LogP contribution in [0.15, 0.2) is 28.1 Å². The van der Waals surface area contributed by atoms with Crippen LogP contribution in [0, 0.1) is 24.2 Å². The van der Waals surface area contributed by atoms with Crippen molar-refractivity contribution in [3.05, 3.63) is 23.6 Å². The van der Waals surface area contributed by atoms with Gasteiger partial charge in [-0.25, -0.2) is 4.98 Å². The highest BCUT2D eigenvalue weighted by Gasteiger charge is 2.43. The molecule has 1 saturated carbocycles. The Balaban J connectivity index is 1.62. The lowest BCUT2D eigenvalue weighted by Crippen LogP contribution is -2.47. The highest BCUT2D eigenvalue weighted by atomic mass is 32.1. The molecule has 3 heterocycles. The monoisotopic (exact) mass is 484 g/mol. The fraction of sp³-hybridized carbons (Fsp3) is 0.625. The van der Waals surface area contributed by atoms with Crippen LogP contribution in [0.2, 0.25) is 0 Å². The summed E-state index contributed by atoms with van der Waals surface area (Å²) in [7, 11) is 1.62. The second-order valence-corrected chi connectivity index (χ2v) is 10.1. The van der Waals surface area contributed by atoms with E-state index >= 15 is 0 Å². The van der Waals surface area contributed by atoms with Gasteiger partial charge in [-0.3, -0.25) is 14.0 Å². The van der Waals surface area contributed by atoms with Gasteiger partial charge in [-0.15, -0.1) is 23.7 Å². The van der Waals surface area contributed by atoms with Gasteiger partial charge in [-0.1, -0.05) is 6.92 Å². The lowest BCUT2D eigenvalue weighted by Gasteiger charge is -2.33. The molecule has 0 radical (unpaired) electrons. The van der Waals surface area contributed by atoms with Crippen LogP contribution in [-0.4, -0.2) is 58.6 Å². The summed E-state index contributed by atoms with van der Waals surface area (Å²) in [5.74, 6) is 2.55. The molecular weight excluding hydrogens is 452 g/mol. The van der Waals surface area contributed by atoms with Gasteiger partial charge in [-0.2, -0.15) is 10.2 Å². The molecular formula is C24H32N6O3S. The number of nitrogens with zero attached hydrogens (tertiary/aromatic N) is 5. The van der Waals surface area contributed by atoms with Crippen molar-refractivity contribution in [2.45, 2.75) is 57.2 Å². The normalized spacial score (nSPS) is 17.8. The average molecular weight is 485 g/mol. The molecule has 1 fully saturated rings. The molecule has 0 saturated heterocycles. The van der Waals surface area contributed by atoms with Gasteiger partial charge in [0.2, 0.25) is 11.8 Å². The van der Waals surface area contributed by atoms with Crippen LogP contribution in [-0.2, 0) is 14.3 Å². The third-order valence-electron chi connectivity index (χ3n) is 6.52. The molecule has 2 aromatic rings. The van der Waals surface area contributed by atoms with Crippen molar-refractivity contribution in [2.75, 3.05) is 26.8 Å². The minimum atomic E-state index is -0.830. The molecule has 2 aliphatic rings. The molecule has 0 bridgehead atoms. The first-order chi connectivity index (χ1) is 16.5. The van der Waals surface area contributed by atoms with E-state index in [-0.39, 0.29) is 17.7 Å². The van der Waals surface area contributed by atoms with E-state index in [1.54, 1.807) is 18.3 Å². The second kappa shape index (κ2) is 10.7. The van der Waals surface area contributed by atoms with Crippen molar-refractivity contribution in [2.24, 2.45) is 22.1 Å². The Morgan fingerprint density at radius 2 is 2.21 bits per heavy atom. The smallest absolute Gasteiger partial charge is 0.249 e. The first kappa shape index (κ1) is 24.4. The van der Waals surface area contributed by atoms with E-state index in [0.717, 1.165) is 17.7 Å². The zero-order valence-corrected chi connectivity index (χ0v) is 20.6. The number of nitrogens with one attached hydrogen (secondary N) is 1. The Bertz CT molecular complexity index is 1080. The van der Waals surface area contributed by atoms with Gasteiger partial charge >= 0.3 is 0 Å². The average Bonchev–Trinajstić information content (AvgIpc) is 3.73. The fourth-order valence-corrected chi connectivity index (χ4v) is 4.89. The van der Waals surface area contributed by atoms with E-state index in [2.05, 4.69) is 26.4 Å². The van der Waals surface area contributed by atoms with Crippen molar-refractivity contribution in [1.82, 2.24) is 19.6 Å². The van der Waals surface area contributed by atoms with E-state index in [1.807, 2.05) is 22.9 Å². The third-order valence-corrected chi connectivity index (χ3v) is 7.42. The maximum atomic E-state index is 13.7. The summed E-state index contributed by atoms with van der Waals surface area (Å²) in [6.45, 7) is 3.30. The van der Waals surface area contributed by atoms with E-state index in [4.69, 9.17) is 11.2 Å². The summed E-state index contributed by atoms with van der Waals surface area (Å²) in [4.78, 5) is 34.4. The molecule has 2 atom stereocenters. The van der Waals surface area contributed by atoms with Gasteiger partial charge < -0.3 is 15.0 Å². The Labute approximate surface area is 204 Å². The van der Waals surface area contributed by atoms with Crippen LogP contribution in [0.4, 0.5) is 0 Å². The Morgan fingerprint density at radius 3 is 2.88 bits per heavy atom. The minimum Gasteiger partial charge on any atom is -0.385 e. The molecule has 1 aliphatic carbocycles. The summed E-state index contributed by atoms with van der Waals surface area (Å²) < 4.78 is 7.08. The van der Waals surface area contributed by atoms with E-state index in [9.17, 15) is 9.59 Å². The second-order valence-electron chi connectivity index (χ2n) is 9.19. The molecule has 10 heteroatoms. The van der Waals surface area contributed by atoms with Crippen molar-refractivity contribution < 1.29 is 14.3 Å². The molecule has 1 N–H and O–H groups in total. The minimum absolute atomic E-state index is 0.103. The van der Waals surface area contributed by atoms with Gasteiger partial charge in [0, 0.05) is 63.6 Å². The summed E-state index contributed by atoms with van der Waals surface area (Å²) >= 11 is 1.50. The van der Waals surface area contributed by atoms with Crippen LogP contribution in [0.5, 0.6) is 0 Å². The lowest BCUT2D eigenvalue weighted by atomic mass is 10.00. The fourth-order valence-electron chi connectivity index (χ4n) is 4.05. The van der Waals surface area contributed by atoms with Crippen LogP contribution in [0.1, 0.15) is 57.2 Å². The highest BCUT2D eigenvalue weighted by Crippen LogP contribution is 2.38. The van der Waals surface area contributed by atoms with Gasteiger partial charge in [0.05, 0.1) is 0 Å². The van der Waals surface area contributed by atoms with E-state index in [1.165, 1.54) is 11.3 Å². The van der Waals surface area contributed by atoms with Crippen LogP contribution in [0.3, 0.4) is 0 Å². The summed E-state index contributed by atoms with van der Waals surface area (Å²) in [5.41, 5.74) is 0.0419. The summed E-state index contributed by atoms with van der Waals surface area (Å²) in [6, 6.07) is -0.830. The Hall–Kier alpha value is -2.77. The number of amides is 2. The molecule has 1 aliphatic heterocycles. The van der Waals surface area contributed by atoms with Crippen molar-refractivity contribution in [1.29, 1.82) is 0 Å². The quantitative estimate of drug-likeness (QED) is 0.415. The number of imidazole rings is 1. The largest absolute Gasteiger partial charge is 0.385 e. The predicted octanol–water partition coefficient (Wildman–Crippen LogP) is 3.43. The predicted molar refractivity (Wildman–Crippen MR) is 129 cm³/mol. The van der Waals surface area contributed by atoms with Crippen LogP contribution >= 0.6 is 11.3 Å². The standard InChI is InChI=1S/C24H32N6O3S/c1-4-5-9-24(27-28-24)10-11-30(22(32)17(2)8-13-33-3)20(21(31)25-15-18-6-7-18)19-23-29(16-26-19)12-14-34-23/h1,12,14,16-18,20H,5-11,13,15H2,2-3H3,(H,25,31). The number of thiazole rings is 1. The molecule has 34 heavy (non-hydrogen) atoms. The number of rotatable bonds is 14. The van der Waals surface area contributed by atoms with Gasteiger partial charge in [0.15, 0.2) is 11.7 Å². The van der Waals surface area contributed by atoms with E-state index < -0.39 is 11.7 Å². The van der Waals surface area contributed by atoms with Crippen molar-refractivity contribution in [3.8, 4) is 12.3 Å². The Kier molecular flexibility index (Phi) is 7.63. The number of ether oxygens (including phenoxy) is 1. The SMILES string of the molecule is C#CCCC1(CCN(C(=O)C(C)CCOC)C(C(=O)NCC2CC2)c2ncn3ccsc23)N=N1. The zero-order chi connectivity index (χ0) is 24.1. The molecule has 2 unspecified atom stereocenters.